The third-order valence-electron chi connectivity index (χ3n) is 2.58. The third-order valence-corrected chi connectivity index (χ3v) is 3.36. The number of hydrogen-bond acceptors (Lipinski definition) is 2. The monoisotopic (exact) mass is 274 g/mol. The Balaban J connectivity index is 2.68. The summed E-state index contributed by atoms with van der Waals surface area (Å²) in [7, 11) is 0. The lowest BCUT2D eigenvalue weighted by atomic mass is 10.0. The summed E-state index contributed by atoms with van der Waals surface area (Å²) in [6.45, 7) is 0. The fraction of sp³-hybridized carbons (Fsp3) is 0.300. The molecule has 1 aromatic rings. The van der Waals surface area contributed by atoms with E-state index in [4.69, 9.17) is 5.11 Å². The largest absolute Gasteiger partial charge is 0.478 e. The molecule has 0 amide bonds. The Hall–Kier alpha value is -0.940. The number of halogens is 2. The molecule has 1 unspecified atom stereocenters. The number of benzene rings is 1. The van der Waals surface area contributed by atoms with Crippen molar-refractivity contribution < 1.29 is 19.4 Å². The molecule has 1 aromatic carbocycles. The number of aryl methyl sites for hydroxylation is 1. The van der Waals surface area contributed by atoms with Gasteiger partial charge in [-0.05, 0) is 40.4 Å². The van der Waals surface area contributed by atoms with Crippen LogP contribution in [0.4, 0.5) is 4.39 Å². The molecule has 0 aromatic heterocycles. The first-order valence-corrected chi connectivity index (χ1v) is 5.23. The average molecular weight is 275 g/mol. The zero-order valence-corrected chi connectivity index (χ0v) is 9.21. The molecule has 0 saturated heterocycles. The van der Waals surface area contributed by atoms with Gasteiger partial charge in [-0.25, -0.2) is 9.18 Å². The van der Waals surface area contributed by atoms with Gasteiger partial charge >= 0.3 is 5.97 Å². The van der Waals surface area contributed by atoms with Crippen molar-refractivity contribution in [1.82, 2.24) is 0 Å². The van der Waals surface area contributed by atoms with Gasteiger partial charge in [0.1, 0.15) is 5.82 Å². The van der Waals surface area contributed by atoms with E-state index in [9.17, 15) is 14.3 Å². The molecule has 0 spiro atoms. The Morgan fingerprint density at radius 2 is 2.27 bits per heavy atom. The smallest absolute Gasteiger partial charge is 0.336 e. The van der Waals surface area contributed by atoms with Crippen LogP contribution in [-0.4, -0.2) is 16.2 Å². The minimum Gasteiger partial charge on any atom is -0.478 e. The number of carbonyl (C=O) groups is 1. The van der Waals surface area contributed by atoms with Crippen LogP contribution in [0.5, 0.6) is 0 Å². The quantitative estimate of drug-likeness (QED) is 0.826. The maximum absolute atomic E-state index is 13.7. The zero-order chi connectivity index (χ0) is 11.2. The number of aliphatic hydroxyl groups is 1. The second kappa shape index (κ2) is 3.57. The van der Waals surface area contributed by atoms with Crippen molar-refractivity contribution in [2.45, 2.75) is 18.9 Å². The molecular formula is C10H8BrFO3. The Morgan fingerprint density at radius 1 is 1.60 bits per heavy atom. The highest BCUT2D eigenvalue weighted by Gasteiger charge is 2.28. The van der Waals surface area contributed by atoms with Crippen molar-refractivity contribution in [3.8, 4) is 0 Å². The molecule has 0 heterocycles. The number of carboxylic acid groups (broad SMARTS) is 1. The summed E-state index contributed by atoms with van der Waals surface area (Å²) in [4.78, 5) is 10.8. The van der Waals surface area contributed by atoms with Crippen LogP contribution >= 0.6 is 15.9 Å². The molecule has 2 N–H and O–H groups in total. The summed E-state index contributed by atoms with van der Waals surface area (Å²) in [5.41, 5.74) is 0.716. The highest BCUT2D eigenvalue weighted by Crippen LogP contribution is 2.37. The zero-order valence-electron chi connectivity index (χ0n) is 7.63. The van der Waals surface area contributed by atoms with E-state index in [1.165, 1.54) is 6.07 Å². The lowest BCUT2D eigenvalue weighted by molar-refractivity contribution is 0.0695. The lowest BCUT2D eigenvalue weighted by Crippen LogP contribution is -2.04. The molecule has 0 aliphatic heterocycles. The summed E-state index contributed by atoms with van der Waals surface area (Å²) in [5.74, 6) is -1.83. The van der Waals surface area contributed by atoms with Gasteiger partial charge < -0.3 is 10.2 Å². The molecular weight excluding hydrogens is 267 g/mol. The Labute approximate surface area is 93.7 Å². The lowest BCUT2D eigenvalue weighted by Gasteiger charge is -2.09. The van der Waals surface area contributed by atoms with Gasteiger partial charge in [-0.2, -0.15) is 0 Å². The van der Waals surface area contributed by atoms with E-state index >= 15 is 0 Å². The van der Waals surface area contributed by atoms with Crippen molar-refractivity contribution in [3.63, 3.8) is 0 Å². The van der Waals surface area contributed by atoms with E-state index in [2.05, 4.69) is 15.9 Å². The van der Waals surface area contributed by atoms with Crippen LogP contribution < -0.4 is 0 Å². The molecule has 1 aliphatic rings. The first-order chi connectivity index (χ1) is 7.02. The summed E-state index contributed by atoms with van der Waals surface area (Å²) in [6.07, 6.45) is 0.141. The van der Waals surface area contributed by atoms with Gasteiger partial charge in [0.25, 0.3) is 0 Å². The van der Waals surface area contributed by atoms with Gasteiger partial charge in [-0.3, -0.25) is 0 Å². The van der Waals surface area contributed by atoms with Crippen molar-refractivity contribution in [2.24, 2.45) is 0 Å². The van der Waals surface area contributed by atoms with Gasteiger partial charge in [-0.1, -0.05) is 0 Å². The molecule has 15 heavy (non-hydrogen) atoms. The number of fused-ring (bicyclic) bond motifs is 1. The van der Waals surface area contributed by atoms with Crippen molar-refractivity contribution >= 4 is 21.9 Å². The second-order valence-corrected chi connectivity index (χ2v) is 4.28. The predicted octanol–water partition coefficient (Wildman–Crippen LogP) is 2.27. The van der Waals surface area contributed by atoms with E-state index in [1.807, 2.05) is 0 Å². The average Bonchev–Trinajstić information content (AvgIpc) is 2.53. The van der Waals surface area contributed by atoms with Crippen molar-refractivity contribution in [1.29, 1.82) is 0 Å². The number of aliphatic hydroxyl groups excluding tert-OH is 1. The van der Waals surface area contributed by atoms with E-state index in [0.717, 1.165) is 0 Å². The number of carboxylic acids is 1. The molecule has 5 heteroatoms. The number of rotatable bonds is 1. The first-order valence-electron chi connectivity index (χ1n) is 4.44. The summed E-state index contributed by atoms with van der Waals surface area (Å²) < 4.78 is 13.6. The first kappa shape index (κ1) is 10.6. The summed E-state index contributed by atoms with van der Waals surface area (Å²) in [5, 5.41) is 18.3. The fourth-order valence-corrected chi connectivity index (χ4v) is 2.35. The van der Waals surface area contributed by atoms with Gasteiger partial charge in [0, 0.05) is 5.56 Å². The molecule has 1 atom stereocenters. The number of aromatic carboxylic acids is 1. The SMILES string of the molecule is O=C(O)c1cc2c(c(F)c1Br)C(O)CC2. The van der Waals surface area contributed by atoms with Crippen LogP contribution in [0.1, 0.15) is 34.0 Å². The number of hydrogen-bond donors (Lipinski definition) is 2. The molecule has 80 valence electrons. The van der Waals surface area contributed by atoms with Crippen LogP contribution in [-0.2, 0) is 6.42 Å². The van der Waals surface area contributed by atoms with Crippen LogP contribution in [0.2, 0.25) is 0 Å². The standard InChI is InChI=1S/C10H8BrFO3/c11-8-5(10(14)15)3-4-1-2-6(13)7(4)9(8)12/h3,6,13H,1-2H2,(H,14,15). The molecule has 0 saturated carbocycles. The van der Waals surface area contributed by atoms with Crippen molar-refractivity contribution in [2.75, 3.05) is 0 Å². The maximum atomic E-state index is 13.7. The van der Waals surface area contributed by atoms with E-state index in [0.29, 0.717) is 18.4 Å². The third kappa shape index (κ3) is 1.55. The van der Waals surface area contributed by atoms with Crippen molar-refractivity contribution in [3.05, 3.63) is 33.0 Å². The van der Waals surface area contributed by atoms with Crippen LogP contribution in [0.15, 0.2) is 10.5 Å². The van der Waals surface area contributed by atoms with Gasteiger partial charge in [0.2, 0.25) is 0 Å². The van der Waals surface area contributed by atoms with Crippen LogP contribution in [0.3, 0.4) is 0 Å². The Bertz CT molecular complexity index is 445. The van der Waals surface area contributed by atoms with Gasteiger partial charge in [0.05, 0.1) is 16.1 Å². The van der Waals surface area contributed by atoms with Gasteiger partial charge in [-0.15, -0.1) is 0 Å². The highest BCUT2D eigenvalue weighted by atomic mass is 79.9. The maximum Gasteiger partial charge on any atom is 0.336 e. The molecule has 0 fully saturated rings. The fourth-order valence-electron chi connectivity index (χ4n) is 1.85. The topological polar surface area (TPSA) is 57.5 Å². The van der Waals surface area contributed by atoms with Crippen LogP contribution in [0, 0.1) is 5.82 Å². The van der Waals surface area contributed by atoms with Crippen LogP contribution in [0.25, 0.3) is 0 Å². The van der Waals surface area contributed by atoms with E-state index in [1.54, 1.807) is 0 Å². The molecule has 0 radical (unpaired) electrons. The normalized spacial score (nSPS) is 19.0. The molecule has 0 bridgehead atoms. The predicted molar refractivity (Wildman–Crippen MR) is 54.3 cm³/mol. The highest BCUT2D eigenvalue weighted by molar-refractivity contribution is 9.10. The van der Waals surface area contributed by atoms with E-state index < -0.39 is 17.9 Å². The summed E-state index contributed by atoms with van der Waals surface area (Å²) in [6, 6.07) is 1.42. The molecule has 2 rings (SSSR count). The minimum absolute atomic E-state index is 0.0882. The Kier molecular flexibility index (Phi) is 2.52. The minimum atomic E-state index is -1.18. The van der Waals surface area contributed by atoms with E-state index in [-0.39, 0.29) is 15.6 Å². The molecule has 1 aliphatic carbocycles. The Morgan fingerprint density at radius 3 is 2.87 bits per heavy atom. The molecule has 3 nitrogen and oxygen atoms in total. The summed E-state index contributed by atoms with van der Waals surface area (Å²) >= 11 is 2.89. The van der Waals surface area contributed by atoms with Gasteiger partial charge in [0.15, 0.2) is 0 Å². The second-order valence-electron chi connectivity index (χ2n) is 3.48.